The van der Waals surface area contributed by atoms with Gasteiger partial charge in [-0.25, -0.2) is 0 Å². The lowest BCUT2D eigenvalue weighted by atomic mass is 9.86. The summed E-state index contributed by atoms with van der Waals surface area (Å²) in [7, 11) is 0. The van der Waals surface area contributed by atoms with E-state index in [1.807, 2.05) is 19.1 Å². The Morgan fingerprint density at radius 1 is 1.32 bits per heavy atom. The summed E-state index contributed by atoms with van der Waals surface area (Å²) in [4.78, 5) is 23.1. The molecule has 3 N–H and O–H groups in total. The second kappa shape index (κ2) is 9.88. The van der Waals surface area contributed by atoms with Gasteiger partial charge in [0.25, 0.3) is 0 Å². The van der Waals surface area contributed by atoms with Crippen molar-refractivity contribution in [3.05, 3.63) is 24.3 Å². The molecule has 0 saturated heterocycles. The second-order valence-electron chi connectivity index (χ2n) is 7.45. The van der Waals surface area contributed by atoms with Crippen molar-refractivity contribution >= 4 is 11.8 Å². The van der Waals surface area contributed by atoms with Gasteiger partial charge in [0, 0.05) is 18.3 Å². The van der Waals surface area contributed by atoms with Crippen molar-refractivity contribution < 1.29 is 24.9 Å². The fraction of sp³-hybridized carbons (Fsp3) is 0.700. The first kappa shape index (κ1) is 21.6. The molecule has 0 amide bonds. The maximum Gasteiger partial charge on any atom is 0.303 e. The number of hydrogen-bond acceptors (Lipinski definition) is 4. The molecule has 4 atom stereocenters. The molecule has 5 heteroatoms. The molecule has 0 aliphatic heterocycles. The predicted molar refractivity (Wildman–Crippen MR) is 97.1 cm³/mol. The van der Waals surface area contributed by atoms with Crippen LogP contribution < -0.4 is 0 Å². The number of unbranched alkanes of at least 4 members (excludes halogenated alkanes) is 1. The van der Waals surface area contributed by atoms with Gasteiger partial charge in [-0.05, 0) is 25.7 Å². The lowest BCUT2D eigenvalue weighted by molar-refractivity contribution is -0.137. The van der Waals surface area contributed by atoms with Crippen LogP contribution in [0.3, 0.4) is 0 Å². The molecule has 1 aliphatic rings. The molecule has 0 heterocycles. The van der Waals surface area contributed by atoms with Gasteiger partial charge in [0.2, 0.25) is 0 Å². The first-order valence-corrected chi connectivity index (χ1v) is 9.17. The van der Waals surface area contributed by atoms with Gasteiger partial charge < -0.3 is 15.3 Å². The van der Waals surface area contributed by atoms with Crippen LogP contribution in [-0.2, 0) is 9.59 Å². The molecular weight excluding hydrogens is 320 g/mol. The van der Waals surface area contributed by atoms with Crippen LogP contribution in [0.25, 0.3) is 0 Å². The molecule has 0 radical (unpaired) electrons. The van der Waals surface area contributed by atoms with E-state index in [-0.39, 0.29) is 24.0 Å². The number of Topliss-reactive ketones (excluding diaryl/α,β-unsaturated/α-hetero) is 1. The van der Waals surface area contributed by atoms with Crippen LogP contribution in [0, 0.1) is 17.3 Å². The zero-order valence-corrected chi connectivity index (χ0v) is 15.5. The van der Waals surface area contributed by atoms with Crippen molar-refractivity contribution in [1.82, 2.24) is 0 Å². The number of carbonyl (C=O) groups is 2. The Morgan fingerprint density at radius 2 is 2.00 bits per heavy atom. The maximum atomic E-state index is 12.7. The number of carboxylic acids is 1. The fourth-order valence-corrected chi connectivity index (χ4v) is 3.38. The molecule has 5 nitrogen and oxygen atoms in total. The first-order valence-electron chi connectivity index (χ1n) is 9.17. The van der Waals surface area contributed by atoms with Crippen LogP contribution in [0.2, 0.25) is 0 Å². The van der Waals surface area contributed by atoms with Crippen molar-refractivity contribution in [2.24, 2.45) is 17.3 Å². The Balaban J connectivity index is 2.73. The third-order valence-corrected chi connectivity index (χ3v) is 5.00. The minimum absolute atomic E-state index is 0.0369. The SMILES string of the molecule is CCC[C@H](O)C=C[C@@H]1[C@@H](CC=CCCCC(=O)O)C(=O)C(C)(C)[C@H]1O. The minimum Gasteiger partial charge on any atom is -0.481 e. The smallest absolute Gasteiger partial charge is 0.303 e. The van der Waals surface area contributed by atoms with Gasteiger partial charge in [-0.1, -0.05) is 51.5 Å². The number of rotatable bonds is 10. The van der Waals surface area contributed by atoms with Gasteiger partial charge in [-0.3, -0.25) is 9.59 Å². The van der Waals surface area contributed by atoms with Gasteiger partial charge in [0.15, 0.2) is 0 Å². The topological polar surface area (TPSA) is 94.8 Å². The molecule has 0 aromatic rings. The number of carbonyl (C=O) groups excluding carboxylic acids is 1. The van der Waals surface area contributed by atoms with Crippen LogP contribution in [0.4, 0.5) is 0 Å². The predicted octanol–water partition coefficient (Wildman–Crippen LogP) is 3.11. The zero-order valence-electron chi connectivity index (χ0n) is 15.5. The molecule has 1 saturated carbocycles. The summed E-state index contributed by atoms with van der Waals surface area (Å²) in [5.41, 5.74) is -0.799. The van der Waals surface area contributed by atoms with E-state index < -0.39 is 23.6 Å². The third kappa shape index (κ3) is 6.08. The van der Waals surface area contributed by atoms with Crippen molar-refractivity contribution in [3.63, 3.8) is 0 Å². The summed E-state index contributed by atoms with van der Waals surface area (Å²) < 4.78 is 0. The molecule has 0 aromatic heterocycles. The highest BCUT2D eigenvalue weighted by molar-refractivity contribution is 5.90. The number of ketones is 1. The average Bonchev–Trinajstić information content (AvgIpc) is 2.69. The number of aliphatic hydroxyl groups is 2. The van der Waals surface area contributed by atoms with Crippen molar-refractivity contribution in [2.75, 3.05) is 0 Å². The van der Waals surface area contributed by atoms with Gasteiger partial charge in [-0.15, -0.1) is 0 Å². The summed E-state index contributed by atoms with van der Waals surface area (Å²) >= 11 is 0. The first-order chi connectivity index (χ1) is 11.7. The van der Waals surface area contributed by atoms with Crippen LogP contribution in [0.15, 0.2) is 24.3 Å². The van der Waals surface area contributed by atoms with Crippen LogP contribution >= 0.6 is 0 Å². The van der Waals surface area contributed by atoms with E-state index in [1.165, 1.54) is 0 Å². The standard InChI is InChI=1S/C20H32O5/c1-4-9-14(21)12-13-16-15(18(24)20(2,3)19(16)25)10-7-5-6-8-11-17(22)23/h5,7,12-16,19,21,25H,4,6,8-11H2,1-3H3,(H,22,23)/t14-,15+,16+,19-/m0/s1. The van der Waals surface area contributed by atoms with Gasteiger partial charge in [0.05, 0.1) is 17.6 Å². The number of hydrogen-bond donors (Lipinski definition) is 3. The molecule has 1 rings (SSSR count). The Labute approximate surface area is 150 Å². The van der Waals surface area contributed by atoms with Gasteiger partial charge in [-0.2, -0.15) is 0 Å². The second-order valence-corrected chi connectivity index (χ2v) is 7.45. The Kier molecular flexibility index (Phi) is 8.53. The maximum absolute atomic E-state index is 12.7. The molecule has 142 valence electrons. The minimum atomic E-state index is -0.805. The van der Waals surface area contributed by atoms with E-state index in [9.17, 15) is 19.8 Å². The molecule has 0 aromatic carbocycles. The summed E-state index contributed by atoms with van der Waals surface area (Å²) in [6.45, 7) is 5.52. The lowest BCUT2D eigenvalue weighted by Gasteiger charge is -2.22. The van der Waals surface area contributed by atoms with Crippen LogP contribution in [-0.4, -0.2) is 39.3 Å². The quantitative estimate of drug-likeness (QED) is 0.415. The highest BCUT2D eigenvalue weighted by atomic mass is 16.4. The lowest BCUT2D eigenvalue weighted by Crippen LogP contribution is -2.31. The molecular formula is C20H32O5. The van der Waals surface area contributed by atoms with Gasteiger partial charge in [0.1, 0.15) is 5.78 Å². The molecule has 0 unspecified atom stereocenters. The summed E-state index contributed by atoms with van der Waals surface area (Å²) in [6.07, 6.45) is 9.39. The summed E-state index contributed by atoms with van der Waals surface area (Å²) in [5, 5.41) is 29.1. The van der Waals surface area contributed by atoms with Crippen LogP contribution in [0.1, 0.15) is 59.3 Å². The van der Waals surface area contributed by atoms with Crippen molar-refractivity contribution in [3.8, 4) is 0 Å². The van der Waals surface area contributed by atoms with Crippen molar-refractivity contribution in [1.29, 1.82) is 0 Å². The van der Waals surface area contributed by atoms with E-state index in [0.717, 1.165) is 6.42 Å². The number of aliphatic hydroxyl groups excluding tert-OH is 2. The van der Waals surface area contributed by atoms with E-state index >= 15 is 0 Å². The number of carboxylic acid groups (broad SMARTS) is 1. The highest BCUT2D eigenvalue weighted by Crippen LogP contribution is 2.44. The van der Waals surface area contributed by atoms with Crippen LogP contribution in [0.5, 0.6) is 0 Å². The molecule has 0 spiro atoms. The van der Waals surface area contributed by atoms with E-state index in [2.05, 4.69) is 0 Å². The van der Waals surface area contributed by atoms with E-state index in [4.69, 9.17) is 5.11 Å². The van der Waals surface area contributed by atoms with E-state index in [1.54, 1.807) is 26.0 Å². The van der Waals surface area contributed by atoms with Crippen molar-refractivity contribution in [2.45, 2.75) is 71.5 Å². The monoisotopic (exact) mass is 352 g/mol. The number of aliphatic carboxylic acids is 1. The molecule has 1 fully saturated rings. The Hall–Kier alpha value is -1.46. The third-order valence-electron chi connectivity index (χ3n) is 5.00. The molecule has 0 bridgehead atoms. The Bertz CT molecular complexity index is 506. The number of allylic oxidation sites excluding steroid dienone is 2. The fourth-order valence-electron chi connectivity index (χ4n) is 3.38. The summed E-state index contributed by atoms with van der Waals surface area (Å²) in [5.74, 6) is -1.39. The largest absolute Gasteiger partial charge is 0.481 e. The molecule has 25 heavy (non-hydrogen) atoms. The highest BCUT2D eigenvalue weighted by Gasteiger charge is 2.52. The molecule has 1 aliphatic carbocycles. The van der Waals surface area contributed by atoms with Gasteiger partial charge >= 0.3 is 5.97 Å². The summed E-state index contributed by atoms with van der Waals surface area (Å²) in [6, 6.07) is 0. The average molecular weight is 352 g/mol. The zero-order chi connectivity index (χ0) is 19.0. The van der Waals surface area contributed by atoms with E-state index in [0.29, 0.717) is 25.7 Å². The normalized spacial score (nSPS) is 27.4. The Morgan fingerprint density at radius 3 is 2.60 bits per heavy atom.